The first-order chi connectivity index (χ1) is 14.9. The quantitative estimate of drug-likeness (QED) is 0.563. The molecule has 0 atom stereocenters. The van der Waals surface area contributed by atoms with E-state index < -0.39 is 10.0 Å². The van der Waals surface area contributed by atoms with Crippen molar-refractivity contribution < 1.29 is 17.9 Å². The van der Waals surface area contributed by atoms with Gasteiger partial charge in [0.2, 0.25) is 10.0 Å². The Morgan fingerprint density at radius 3 is 2.42 bits per heavy atom. The molecule has 7 nitrogen and oxygen atoms in total. The van der Waals surface area contributed by atoms with Crippen molar-refractivity contribution in [2.75, 3.05) is 13.7 Å². The number of sulfonamides is 1. The fraction of sp³-hybridized carbons (Fsp3) is 0.348. The number of hydrogen-bond acceptors (Lipinski definition) is 5. The fourth-order valence-corrected chi connectivity index (χ4v) is 5.22. The van der Waals surface area contributed by atoms with Crippen molar-refractivity contribution in [3.05, 3.63) is 76.6 Å². The minimum Gasteiger partial charge on any atom is -0.497 e. The summed E-state index contributed by atoms with van der Waals surface area (Å²) in [6.45, 7) is 3.59. The molecule has 0 unspecified atom stereocenters. The molecule has 1 aliphatic heterocycles. The van der Waals surface area contributed by atoms with Gasteiger partial charge in [0.15, 0.2) is 0 Å². The number of fused-ring (bicyclic) bond motifs is 1. The highest BCUT2D eigenvalue weighted by molar-refractivity contribution is 7.89. The molecule has 8 heteroatoms. The van der Waals surface area contributed by atoms with Gasteiger partial charge in [0, 0.05) is 37.8 Å². The average Bonchev–Trinajstić information content (AvgIpc) is 3.10. The molecule has 31 heavy (non-hydrogen) atoms. The van der Waals surface area contributed by atoms with Crippen LogP contribution in [-0.4, -0.2) is 36.2 Å². The van der Waals surface area contributed by atoms with Crippen LogP contribution in [0.3, 0.4) is 0 Å². The van der Waals surface area contributed by atoms with E-state index in [9.17, 15) is 8.42 Å². The first kappa shape index (κ1) is 21.5. The Bertz CT molecular complexity index is 1150. The van der Waals surface area contributed by atoms with Crippen molar-refractivity contribution in [1.82, 2.24) is 14.1 Å². The summed E-state index contributed by atoms with van der Waals surface area (Å²) in [5, 5.41) is 4.60. The van der Waals surface area contributed by atoms with E-state index in [0.29, 0.717) is 38.5 Å². The van der Waals surface area contributed by atoms with Crippen molar-refractivity contribution in [2.45, 2.75) is 38.0 Å². The Hall–Kier alpha value is -2.68. The largest absolute Gasteiger partial charge is 0.497 e. The smallest absolute Gasteiger partial charge is 0.243 e. The van der Waals surface area contributed by atoms with Gasteiger partial charge in [0.25, 0.3) is 0 Å². The zero-order valence-corrected chi connectivity index (χ0v) is 18.9. The van der Waals surface area contributed by atoms with Gasteiger partial charge in [-0.25, -0.2) is 8.42 Å². The van der Waals surface area contributed by atoms with Crippen LogP contribution in [0.4, 0.5) is 0 Å². The van der Waals surface area contributed by atoms with Crippen LogP contribution in [0.1, 0.15) is 28.1 Å². The summed E-state index contributed by atoms with van der Waals surface area (Å²) in [5.74, 6) is 0.625. The van der Waals surface area contributed by atoms with E-state index in [1.54, 1.807) is 31.4 Å². The van der Waals surface area contributed by atoms with Crippen LogP contribution < -0.4 is 4.74 Å². The number of ether oxygens (including phenoxy) is 2. The van der Waals surface area contributed by atoms with Crippen molar-refractivity contribution in [1.29, 1.82) is 0 Å². The Morgan fingerprint density at radius 2 is 1.74 bits per heavy atom. The molecule has 0 aliphatic carbocycles. The van der Waals surface area contributed by atoms with Crippen LogP contribution in [-0.2, 0) is 48.0 Å². The first-order valence-corrected chi connectivity index (χ1v) is 11.6. The number of benzene rings is 2. The van der Waals surface area contributed by atoms with Crippen molar-refractivity contribution >= 4 is 10.0 Å². The summed E-state index contributed by atoms with van der Waals surface area (Å²) in [7, 11) is -0.150. The third-order valence-electron chi connectivity index (χ3n) is 5.62. The van der Waals surface area contributed by atoms with E-state index in [0.717, 1.165) is 22.5 Å². The van der Waals surface area contributed by atoms with Gasteiger partial charge in [0.1, 0.15) is 5.75 Å². The van der Waals surface area contributed by atoms with E-state index in [4.69, 9.17) is 9.47 Å². The fourth-order valence-electron chi connectivity index (χ4n) is 3.81. The Balaban J connectivity index is 1.49. The van der Waals surface area contributed by atoms with Gasteiger partial charge in [-0.15, -0.1) is 0 Å². The molecule has 164 valence electrons. The van der Waals surface area contributed by atoms with Crippen LogP contribution in [0.2, 0.25) is 0 Å². The lowest BCUT2D eigenvalue weighted by molar-refractivity contribution is 0.103. The van der Waals surface area contributed by atoms with Crippen LogP contribution in [0.5, 0.6) is 5.75 Å². The minimum absolute atomic E-state index is 0.262. The monoisotopic (exact) mass is 441 g/mol. The number of aryl methyl sites for hydroxylation is 2. The van der Waals surface area contributed by atoms with Gasteiger partial charge >= 0.3 is 0 Å². The highest BCUT2D eigenvalue weighted by Gasteiger charge is 2.32. The molecule has 0 radical (unpaired) electrons. The van der Waals surface area contributed by atoms with Gasteiger partial charge in [-0.3, -0.25) is 4.68 Å². The maximum absolute atomic E-state index is 13.2. The molecule has 2 heterocycles. The molecule has 0 N–H and O–H groups in total. The van der Waals surface area contributed by atoms with Crippen LogP contribution in [0, 0.1) is 6.92 Å². The molecule has 0 fully saturated rings. The van der Waals surface area contributed by atoms with E-state index in [1.807, 2.05) is 23.9 Å². The van der Waals surface area contributed by atoms with E-state index in [2.05, 4.69) is 24.2 Å². The molecule has 1 aliphatic rings. The average molecular weight is 442 g/mol. The normalized spacial score (nSPS) is 14.4. The lowest BCUT2D eigenvalue weighted by atomic mass is 10.1. The maximum Gasteiger partial charge on any atom is 0.243 e. The maximum atomic E-state index is 13.2. The minimum atomic E-state index is -3.60. The third kappa shape index (κ3) is 4.51. The number of rotatable bonds is 7. The summed E-state index contributed by atoms with van der Waals surface area (Å²) >= 11 is 0. The van der Waals surface area contributed by atoms with Crippen molar-refractivity contribution in [2.24, 2.45) is 7.05 Å². The second-order valence-corrected chi connectivity index (χ2v) is 9.68. The summed E-state index contributed by atoms with van der Waals surface area (Å²) in [4.78, 5) is 0.262. The third-order valence-corrected chi connectivity index (χ3v) is 7.48. The Labute approximate surface area is 183 Å². The zero-order chi connectivity index (χ0) is 22.0. The zero-order valence-electron chi connectivity index (χ0n) is 18.0. The van der Waals surface area contributed by atoms with Crippen LogP contribution in [0.15, 0.2) is 53.4 Å². The molecule has 0 bridgehead atoms. The summed E-state index contributed by atoms with van der Waals surface area (Å²) in [6, 6.07) is 14.7. The lowest BCUT2D eigenvalue weighted by Gasteiger charge is -2.27. The molecule has 3 aromatic rings. The van der Waals surface area contributed by atoms with Crippen molar-refractivity contribution in [3.8, 4) is 5.75 Å². The summed E-state index contributed by atoms with van der Waals surface area (Å²) < 4.78 is 40.7. The Kier molecular flexibility index (Phi) is 6.13. The predicted octanol–water partition coefficient (Wildman–Crippen LogP) is 3.20. The topological polar surface area (TPSA) is 73.7 Å². The molecule has 0 amide bonds. The van der Waals surface area contributed by atoms with Gasteiger partial charge in [-0.1, -0.05) is 29.8 Å². The molecule has 0 spiro atoms. The van der Waals surface area contributed by atoms with E-state index >= 15 is 0 Å². The number of nitrogens with zero attached hydrogens (tertiary/aromatic N) is 3. The highest BCUT2D eigenvalue weighted by atomic mass is 32.2. The number of methoxy groups -OCH3 is 1. The first-order valence-electron chi connectivity index (χ1n) is 10.2. The van der Waals surface area contributed by atoms with Crippen LogP contribution in [0.25, 0.3) is 0 Å². The lowest BCUT2D eigenvalue weighted by Crippen LogP contribution is -2.36. The van der Waals surface area contributed by atoms with Crippen molar-refractivity contribution in [3.63, 3.8) is 0 Å². The number of hydrogen-bond donors (Lipinski definition) is 0. The van der Waals surface area contributed by atoms with Crippen LogP contribution >= 0.6 is 0 Å². The summed E-state index contributed by atoms with van der Waals surface area (Å²) in [6.07, 6.45) is 0.617. The van der Waals surface area contributed by atoms with E-state index in [-0.39, 0.29) is 4.90 Å². The second kappa shape index (κ2) is 8.82. The predicted molar refractivity (Wildman–Crippen MR) is 117 cm³/mol. The molecule has 1 aromatic heterocycles. The molecular weight excluding hydrogens is 414 g/mol. The second-order valence-electron chi connectivity index (χ2n) is 7.74. The number of aromatic nitrogens is 2. The summed E-state index contributed by atoms with van der Waals surface area (Å²) in [5.41, 5.74) is 5.10. The van der Waals surface area contributed by atoms with Gasteiger partial charge in [-0.05, 0) is 36.8 Å². The molecule has 4 rings (SSSR count). The SMILES string of the molecule is COc1ccc(S(=O)(=O)N2CCc3c(c(COCc4ccc(C)cc4)nn3C)C2)cc1. The molecule has 0 saturated carbocycles. The molecule has 0 saturated heterocycles. The van der Waals surface area contributed by atoms with Gasteiger partial charge < -0.3 is 9.47 Å². The van der Waals surface area contributed by atoms with Gasteiger partial charge in [-0.2, -0.15) is 9.40 Å². The highest BCUT2D eigenvalue weighted by Crippen LogP contribution is 2.28. The molecular formula is C23H27N3O4S. The standard InChI is InChI=1S/C23H27N3O4S/c1-17-4-6-18(7-5-17)15-30-16-22-21-14-26(13-12-23(21)25(2)24-22)31(27,28)20-10-8-19(29-3)9-11-20/h4-11H,12-16H2,1-3H3. The molecule has 2 aromatic carbocycles. The van der Waals surface area contributed by atoms with E-state index in [1.165, 1.54) is 9.87 Å². The van der Waals surface area contributed by atoms with Gasteiger partial charge in [0.05, 0.1) is 30.9 Å². The Morgan fingerprint density at radius 1 is 1.03 bits per heavy atom.